The Morgan fingerprint density at radius 1 is 1.67 bits per heavy atom. The molecule has 18 heavy (non-hydrogen) atoms. The zero-order chi connectivity index (χ0) is 13.3. The van der Waals surface area contributed by atoms with Gasteiger partial charge < -0.3 is 9.88 Å². The minimum absolute atomic E-state index is 0.0253. The van der Waals surface area contributed by atoms with Crippen LogP contribution in [0.3, 0.4) is 0 Å². The minimum atomic E-state index is -0.0253. The van der Waals surface area contributed by atoms with E-state index in [0.717, 1.165) is 17.1 Å². The van der Waals surface area contributed by atoms with E-state index < -0.39 is 0 Å². The summed E-state index contributed by atoms with van der Waals surface area (Å²) in [6.07, 6.45) is 1.99. The summed E-state index contributed by atoms with van der Waals surface area (Å²) >= 11 is 1.61. The summed E-state index contributed by atoms with van der Waals surface area (Å²) in [4.78, 5) is 4.51. The number of nitrogens with zero attached hydrogens (tertiary/aromatic N) is 3. The van der Waals surface area contributed by atoms with Crippen molar-refractivity contribution in [2.45, 2.75) is 25.9 Å². The van der Waals surface area contributed by atoms with Gasteiger partial charge in [-0.05, 0) is 26.2 Å². The zero-order valence-corrected chi connectivity index (χ0v) is 11.4. The quantitative estimate of drug-likeness (QED) is 0.851. The number of pyridine rings is 1. The van der Waals surface area contributed by atoms with Crippen molar-refractivity contribution in [3.8, 4) is 6.07 Å². The third-order valence-electron chi connectivity index (χ3n) is 2.96. The highest BCUT2D eigenvalue weighted by Gasteiger charge is 2.21. The van der Waals surface area contributed by atoms with Gasteiger partial charge >= 0.3 is 0 Å². The molecule has 94 valence electrons. The fraction of sp³-hybridized carbons (Fsp3) is 0.417. The lowest BCUT2D eigenvalue weighted by molar-refractivity contribution is 0.698. The van der Waals surface area contributed by atoms with Gasteiger partial charge in [0.05, 0.1) is 5.56 Å². The highest BCUT2D eigenvalue weighted by atomic mass is 32.2. The minimum Gasteiger partial charge on any atom is -0.341 e. The normalized spacial score (nSPS) is 17.4. The molecule has 1 aliphatic heterocycles. The van der Waals surface area contributed by atoms with Gasteiger partial charge in [-0.3, -0.25) is 10.4 Å². The molecule has 6 heteroatoms. The smallest absolute Gasteiger partial charge is 0.167 e. The molecule has 0 saturated heterocycles. The fourth-order valence-electron chi connectivity index (χ4n) is 2.02. The molecule has 1 aromatic rings. The molecule has 0 spiro atoms. The van der Waals surface area contributed by atoms with Gasteiger partial charge in [0.1, 0.15) is 17.4 Å². The molecule has 2 heterocycles. The van der Waals surface area contributed by atoms with Crippen molar-refractivity contribution >= 4 is 23.3 Å². The molecule has 0 aromatic carbocycles. The summed E-state index contributed by atoms with van der Waals surface area (Å²) in [7, 11) is 0. The Morgan fingerprint density at radius 3 is 2.94 bits per heavy atom. The van der Waals surface area contributed by atoms with E-state index in [2.05, 4.69) is 16.4 Å². The third-order valence-corrected chi connectivity index (χ3v) is 3.63. The molecule has 1 unspecified atom stereocenters. The van der Waals surface area contributed by atoms with E-state index in [4.69, 9.17) is 10.7 Å². The van der Waals surface area contributed by atoms with Gasteiger partial charge in [-0.1, -0.05) is 0 Å². The number of anilines is 1. The predicted molar refractivity (Wildman–Crippen MR) is 73.8 cm³/mol. The molecule has 0 aliphatic carbocycles. The molecular weight excluding hydrogens is 246 g/mol. The number of hydrogen-bond donors (Lipinski definition) is 2. The highest BCUT2D eigenvalue weighted by molar-refractivity contribution is 7.99. The Hall–Kier alpha value is -1.74. The number of nitrogens with one attached hydrogen (secondary N) is 2. The van der Waals surface area contributed by atoms with Gasteiger partial charge in [-0.15, -0.1) is 11.8 Å². The standard InChI is InChI=1S/C12H15N5S/c1-4-17-10(14)8(6-13)5-9-7(2)15-12(18-3)16-11(9)17/h5,12,14,16H,4H2,1-3H3. The molecule has 5 nitrogen and oxygen atoms in total. The topological polar surface area (TPSA) is 77.0 Å². The maximum absolute atomic E-state index is 9.08. The van der Waals surface area contributed by atoms with Crippen molar-refractivity contribution in [1.29, 1.82) is 10.7 Å². The first-order chi connectivity index (χ1) is 8.62. The monoisotopic (exact) mass is 261 g/mol. The second-order valence-corrected chi connectivity index (χ2v) is 4.89. The van der Waals surface area contributed by atoms with Crippen LogP contribution in [0.15, 0.2) is 11.1 Å². The number of hydrogen-bond acceptors (Lipinski definition) is 5. The van der Waals surface area contributed by atoms with E-state index in [1.807, 2.05) is 24.7 Å². The summed E-state index contributed by atoms with van der Waals surface area (Å²) in [5, 5.41) is 20.4. The Balaban J connectivity index is 2.72. The second kappa shape index (κ2) is 4.86. The average molecular weight is 261 g/mol. The van der Waals surface area contributed by atoms with Crippen LogP contribution in [0.1, 0.15) is 25.0 Å². The van der Waals surface area contributed by atoms with Gasteiger partial charge in [0, 0.05) is 17.8 Å². The second-order valence-electron chi connectivity index (χ2n) is 3.97. The molecule has 1 aliphatic rings. The number of rotatable bonds is 2. The first-order valence-corrected chi connectivity index (χ1v) is 6.97. The lowest BCUT2D eigenvalue weighted by atomic mass is 10.1. The zero-order valence-electron chi connectivity index (χ0n) is 10.6. The molecule has 0 amide bonds. The van der Waals surface area contributed by atoms with Crippen LogP contribution in [0.2, 0.25) is 0 Å². The van der Waals surface area contributed by atoms with Gasteiger partial charge in [0.2, 0.25) is 0 Å². The maximum Gasteiger partial charge on any atom is 0.167 e. The van der Waals surface area contributed by atoms with Crippen LogP contribution in [-0.4, -0.2) is 22.0 Å². The number of nitriles is 1. The van der Waals surface area contributed by atoms with E-state index in [1.165, 1.54) is 0 Å². The van der Waals surface area contributed by atoms with Crippen LogP contribution < -0.4 is 10.8 Å². The van der Waals surface area contributed by atoms with E-state index in [-0.39, 0.29) is 11.0 Å². The SMILES string of the molecule is CCn1c2c(cc(C#N)c1=N)C(C)=NC(SC)N2. The van der Waals surface area contributed by atoms with Gasteiger partial charge in [0.25, 0.3) is 0 Å². The molecule has 0 bridgehead atoms. The molecule has 2 N–H and O–H groups in total. The highest BCUT2D eigenvalue weighted by Crippen LogP contribution is 2.25. The molecule has 0 radical (unpaired) electrons. The van der Waals surface area contributed by atoms with Gasteiger partial charge in [-0.25, -0.2) is 0 Å². The van der Waals surface area contributed by atoms with Gasteiger partial charge in [-0.2, -0.15) is 5.26 Å². The van der Waals surface area contributed by atoms with Crippen molar-refractivity contribution in [3.05, 3.63) is 22.7 Å². The molecule has 1 aromatic heterocycles. The molecule has 2 rings (SSSR count). The Labute approximate surface area is 110 Å². The van der Waals surface area contributed by atoms with Crippen molar-refractivity contribution < 1.29 is 0 Å². The maximum atomic E-state index is 9.08. The van der Waals surface area contributed by atoms with Crippen molar-refractivity contribution in [1.82, 2.24) is 4.57 Å². The van der Waals surface area contributed by atoms with Crippen LogP contribution in [0.4, 0.5) is 5.82 Å². The van der Waals surface area contributed by atoms with Gasteiger partial charge in [0.15, 0.2) is 5.50 Å². The molecule has 0 fully saturated rings. The van der Waals surface area contributed by atoms with Crippen molar-refractivity contribution in [2.24, 2.45) is 4.99 Å². The van der Waals surface area contributed by atoms with E-state index in [0.29, 0.717) is 12.1 Å². The summed E-state index contributed by atoms with van der Waals surface area (Å²) in [5.41, 5.74) is 2.43. The van der Waals surface area contributed by atoms with Crippen LogP contribution >= 0.6 is 11.8 Å². The summed E-state index contributed by atoms with van der Waals surface area (Å²) in [5.74, 6) is 0.883. The van der Waals surface area contributed by atoms with E-state index in [9.17, 15) is 0 Å². The largest absolute Gasteiger partial charge is 0.341 e. The summed E-state index contributed by atoms with van der Waals surface area (Å²) in [6, 6.07) is 3.81. The lowest BCUT2D eigenvalue weighted by Gasteiger charge is -2.26. The first kappa shape index (κ1) is 12.7. The summed E-state index contributed by atoms with van der Waals surface area (Å²) < 4.78 is 1.81. The molecular formula is C12H15N5S. The van der Waals surface area contributed by atoms with Crippen LogP contribution in [0.5, 0.6) is 0 Å². The van der Waals surface area contributed by atoms with Crippen LogP contribution in [0, 0.1) is 16.7 Å². The van der Waals surface area contributed by atoms with Crippen molar-refractivity contribution in [2.75, 3.05) is 11.6 Å². The van der Waals surface area contributed by atoms with E-state index >= 15 is 0 Å². The first-order valence-electron chi connectivity index (χ1n) is 5.69. The number of aliphatic imine (C=N–C) groups is 1. The number of thioether (sulfide) groups is 1. The van der Waals surface area contributed by atoms with Crippen LogP contribution in [-0.2, 0) is 6.54 Å². The van der Waals surface area contributed by atoms with E-state index in [1.54, 1.807) is 17.8 Å². The van der Waals surface area contributed by atoms with Crippen molar-refractivity contribution in [3.63, 3.8) is 0 Å². The number of aromatic nitrogens is 1. The Morgan fingerprint density at radius 2 is 2.39 bits per heavy atom. The average Bonchev–Trinajstić information content (AvgIpc) is 2.38. The lowest BCUT2D eigenvalue weighted by Crippen LogP contribution is -2.32. The fourth-order valence-corrected chi connectivity index (χ4v) is 2.52. The molecule has 1 atom stereocenters. The predicted octanol–water partition coefficient (Wildman–Crippen LogP) is 1.74. The third kappa shape index (κ3) is 1.91. The Bertz CT molecular complexity index is 608. The van der Waals surface area contributed by atoms with Crippen LogP contribution in [0.25, 0.3) is 0 Å². The molecule has 0 saturated carbocycles. The number of fused-ring (bicyclic) bond motifs is 1. The summed E-state index contributed by atoms with van der Waals surface area (Å²) in [6.45, 7) is 4.56. The Kier molecular flexibility index (Phi) is 3.43.